The van der Waals surface area contributed by atoms with E-state index in [0.29, 0.717) is 0 Å². The first-order valence-electron chi connectivity index (χ1n) is 4.29. The summed E-state index contributed by atoms with van der Waals surface area (Å²) in [6.45, 7) is -0.680. The Morgan fingerprint density at radius 3 is 2.00 bits per heavy atom. The lowest BCUT2D eigenvalue weighted by atomic mass is 10.0. The fourth-order valence-corrected chi connectivity index (χ4v) is 0.942. The van der Waals surface area contributed by atoms with Crippen molar-refractivity contribution in [2.45, 2.75) is 31.2 Å². The smallest absolute Gasteiger partial charge is 0.372 e. The van der Waals surface area contributed by atoms with E-state index in [1.165, 1.54) is 0 Å². The van der Waals surface area contributed by atoms with Crippen molar-refractivity contribution < 1.29 is 35.1 Å². The minimum atomic E-state index is -1.66. The Morgan fingerprint density at radius 2 is 1.60 bits per heavy atom. The van der Waals surface area contributed by atoms with Gasteiger partial charge in [-0.2, -0.15) is 0 Å². The Balaban J connectivity index is 3.98. The van der Waals surface area contributed by atoms with Crippen molar-refractivity contribution in [3.63, 3.8) is 0 Å². The van der Waals surface area contributed by atoms with Crippen LogP contribution in [-0.4, -0.2) is 62.2 Å². The first-order chi connectivity index (χ1) is 6.88. The van der Waals surface area contributed by atoms with E-state index in [9.17, 15) is 9.59 Å². The van der Waals surface area contributed by atoms with E-state index in [1.54, 1.807) is 0 Å². The Hall–Kier alpha value is -1.02. The highest BCUT2D eigenvalue weighted by Gasteiger charge is 2.23. The number of aliphatic hydroxyl groups excluding tert-OH is 4. The molecule has 5 N–H and O–H groups in total. The molecule has 0 bridgehead atoms. The molecule has 0 aliphatic carbocycles. The van der Waals surface area contributed by atoms with Gasteiger partial charge in [0.25, 0.3) is 0 Å². The molecule has 0 aromatic carbocycles. The molecular weight excluding hydrogens is 208 g/mol. The van der Waals surface area contributed by atoms with Gasteiger partial charge in [0.05, 0.1) is 18.8 Å². The SMILES string of the molecule is O=C(O)C(=O)C[C@@H](O)C[C@H](O)[C@H](O)CO. The van der Waals surface area contributed by atoms with Crippen LogP contribution in [0.5, 0.6) is 0 Å². The van der Waals surface area contributed by atoms with Crippen LogP contribution in [0.15, 0.2) is 0 Å². The van der Waals surface area contributed by atoms with Crippen molar-refractivity contribution >= 4 is 11.8 Å². The van der Waals surface area contributed by atoms with Crippen LogP contribution < -0.4 is 0 Å². The normalized spacial score (nSPS) is 16.8. The Bertz CT molecular complexity index is 227. The summed E-state index contributed by atoms with van der Waals surface area (Å²) < 4.78 is 0. The fourth-order valence-electron chi connectivity index (χ4n) is 0.942. The van der Waals surface area contributed by atoms with E-state index in [4.69, 9.17) is 25.5 Å². The average molecular weight is 222 g/mol. The summed E-state index contributed by atoms with van der Waals surface area (Å²) in [5.41, 5.74) is 0. The quantitative estimate of drug-likeness (QED) is 0.300. The number of carbonyl (C=O) groups is 2. The van der Waals surface area contributed by atoms with Gasteiger partial charge in [0.15, 0.2) is 0 Å². The van der Waals surface area contributed by atoms with Crippen molar-refractivity contribution in [2.75, 3.05) is 6.61 Å². The molecule has 7 heteroatoms. The molecular formula is C8H14O7. The molecule has 88 valence electrons. The second kappa shape index (κ2) is 6.46. The zero-order valence-corrected chi connectivity index (χ0v) is 7.91. The van der Waals surface area contributed by atoms with Crippen molar-refractivity contribution in [3.8, 4) is 0 Å². The highest BCUT2D eigenvalue weighted by Crippen LogP contribution is 2.06. The minimum Gasteiger partial charge on any atom is -0.475 e. The minimum absolute atomic E-state index is 0.374. The first kappa shape index (κ1) is 14.0. The molecule has 0 saturated carbocycles. The number of aliphatic carboxylic acids is 1. The monoisotopic (exact) mass is 222 g/mol. The number of hydrogen-bond donors (Lipinski definition) is 5. The number of carbonyl (C=O) groups excluding carboxylic acids is 1. The first-order valence-corrected chi connectivity index (χ1v) is 4.29. The van der Waals surface area contributed by atoms with Crippen molar-refractivity contribution in [1.29, 1.82) is 0 Å². The standard InChI is InChI=1S/C8H14O7/c9-3-7(13)5(11)1-4(10)2-6(12)8(14)15/h4-5,7,9-11,13H,1-3H2,(H,14,15)/t4-,5-,7+/m0/s1. The van der Waals surface area contributed by atoms with Crippen LogP contribution in [0.4, 0.5) is 0 Å². The van der Waals surface area contributed by atoms with Crippen LogP contribution in [0.3, 0.4) is 0 Å². The van der Waals surface area contributed by atoms with Crippen molar-refractivity contribution in [1.82, 2.24) is 0 Å². The molecule has 0 aromatic rings. The molecule has 3 atom stereocenters. The van der Waals surface area contributed by atoms with Gasteiger partial charge in [0.1, 0.15) is 6.10 Å². The Kier molecular flexibility index (Phi) is 6.02. The van der Waals surface area contributed by atoms with Crippen molar-refractivity contribution in [3.05, 3.63) is 0 Å². The lowest BCUT2D eigenvalue weighted by molar-refractivity contribution is -0.150. The number of rotatable bonds is 7. The van der Waals surface area contributed by atoms with Crippen LogP contribution in [0.1, 0.15) is 12.8 Å². The zero-order valence-electron chi connectivity index (χ0n) is 7.91. The van der Waals surface area contributed by atoms with E-state index in [-0.39, 0.29) is 6.42 Å². The number of carboxylic acid groups (broad SMARTS) is 1. The van der Waals surface area contributed by atoms with Gasteiger partial charge in [0.2, 0.25) is 5.78 Å². The largest absolute Gasteiger partial charge is 0.475 e. The van der Waals surface area contributed by atoms with E-state index in [0.717, 1.165) is 0 Å². The van der Waals surface area contributed by atoms with E-state index >= 15 is 0 Å². The number of hydrogen-bond acceptors (Lipinski definition) is 6. The lowest BCUT2D eigenvalue weighted by Crippen LogP contribution is -2.33. The van der Waals surface area contributed by atoms with E-state index in [1.807, 2.05) is 0 Å². The molecule has 0 aliphatic heterocycles. The molecule has 0 rings (SSSR count). The summed E-state index contributed by atoms with van der Waals surface area (Å²) in [5.74, 6) is -2.83. The van der Waals surface area contributed by atoms with Gasteiger partial charge in [-0.1, -0.05) is 0 Å². The van der Waals surface area contributed by atoms with Gasteiger partial charge in [0, 0.05) is 12.8 Å². The topological polar surface area (TPSA) is 135 Å². The van der Waals surface area contributed by atoms with Crippen LogP contribution in [-0.2, 0) is 9.59 Å². The summed E-state index contributed by atoms with van der Waals surface area (Å²) in [6, 6.07) is 0. The third-order valence-corrected chi connectivity index (χ3v) is 1.80. The number of ketones is 1. The van der Waals surface area contributed by atoms with E-state index in [2.05, 4.69) is 0 Å². The van der Waals surface area contributed by atoms with Crippen LogP contribution in [0.2, 0.25) is 0 Å². The van der Waals surface area contributed by atoms with Gasteiger partial charge >= 0.3 is 5.97 Å². The Morgan fingerprint density at radius 1 is 1.07 bits per heavy atom. The second-order valence-electron chi connectivity index (χ2n) is 3.14. The molecule has 0 amide bonds. The van der Waals surface area contributed by atoms with Crippen LogP contribution in [0.25, 0.3) is 0 Å². The second-order valence-corrected chi connectivity index (χ2v) is 3.14. The van der Waals surface area contributed by atoms with Crippen LogP contribution in [0, 0.1) is 0 Å². The highest BCUT2D eigenvalue weighted by molar-refractivity contribution is 6.32. The average Bonchev–Trinajstić information content (AvgIpc) is 2.15. The highest BCUT2D eigenvalue weighted by atomic mass is 16.4. The molecule has 0 spiro atoms. The molecule has 7 nitrogen and oxygen atoms in total. The molecule has 0 fully saturated rings. The summed E-state index contributed by atoms with van der Waals surface area (Å²) in [5, 5.41) is 43.8. The van der Waals surface area contributed by atoms with Gasteiger partial charge < -0.3 is 25.5 Å². The van der Waals surface area contributed by atoms with Crippen molar-refractivity contribution in [2.24, 2.45) is 0 Å². The van der Waals surface area contributed by atoms with Gasteiger partial charge in [-0.05, 0) is 0 Å². The van der Waals surface area contributed by atoms with Gasteiger partial charge in [-0.25, -0.2) is 4.79 Å². The summed E-state index contributed by atoms with van der Waals surface area (Å²) in [6.07, 6.45) is -5.18. The van der Waals surface area contributed by atoms with E-state index < -0.39 is 43.1 Å². The molecule has 0 aromatic heterocycles. The predicted octanol–water partition coefficient (Wildman–Crippen LogP) is -2.50. The lowest BCUT2D eigenvalue weighted by Gasteiger charge is -2.18. The third kappa shape index (κ3) is 5.43. The van der Waals surface area contributed by atoms with Crippen LogP contribution >= 0.6 is 0 Å². The molecule has 0 aliphatic rings. The van der Waals surface area contributed by atoms with Gasteiger partial charge in [-0.15, -0.1) is 0 Å². The summed E-state index contributed by atoms with van der Waals surface area (Å²) in [4.78, 5) is 20.7. The third-order valence-electron chi connectivity index (χ3n) is 1.80. The summed E-state index contributed by atoms with van der Waals surface area (Å²) >= 11 is 0. The molecule has 0 saturated heterocycles. The zero-order chi connectivity index (χ0) is 12.0. The maximum absolute atomic E-state index is 10.6. The predicted molar refractivity (Wildman–Crippen MR) is 47.0 cm³/mol. The number of carboxylic acids is 1. The number of Topliss-reactive ketones (excluding diaryl/α,β-unsaturated/α-hetero) is 1. The fraction of sp³-hybridized carbons (Fsp3) is 0.750. The molecule has 15 heavy (non-hydrogen) atoms. The maximum Gasteiger partial charge on any atom is 0.372 e. The molecule has 0 unspecified atom stereocenters. The molecule has 0 radical (unpaired) electrons. The maximum atomic E-state index is 10.6. The molecule has 0 heterocycles. The van der Waals surface area contributed by atoms with Gasteiger partial charge in [-0.3, -0.25) is 4.79 Å². The number of aliphatic hydroxyl groups is 4. The summed E-state index contributed by atoms with van der Waals surface area (Å²) in [7, 11) is 0. The Labute approximate surface area is 85.6 Å².